The second kappa shape index (κ2) is 13.3. The fourth-order valence-electron chi connectivity index (χ4n) is 4.84. The van der Waals surface area contributed by atoms with Crippen LogP contribution in [0, 0.1) is 5.92 Å². The number of pyridine rings is 1. The number of urea groups is 1. The van der Waals surface area contributed by atoms with Gasteiger partial charge in [0.05, 0.1) is 13.7 Å². The number of hydrogen-bond acceptors (Lipinski definition) is 5. The number of amides is 2. The van der Waals surface area contributed by atoms with Gasteiger partial charge in [0.25, 0.3) is 0 Å². The zero-order chi connectivity index (χ0) is 26.0. The second-order valence-corrected chi connectivity index (χ2v) is 10.2. The summed E-state index contributed by atoms with van der Waals surface area (Å²) in [5.41, 5.74) is 2.67. The van der Waals surface area contributed by atoms with Gasteiger partial charge in [0, 0.05) is 42.6 Å². The van der Waals surface area contributed by atoms with E-state index in [1.165, 1.54) is 25.9 Å². The van der Waals surface area contributed by atoms with Gasteiger partial charge in [0.1, 0.15) is 5.65 Å². The molecule has 2 amide bonds. The van der Waals surface area contributed by atoms with Crippen LogP contribution in [0.2, 0.25) is 0 Å². The van der Waals surface area contributed by atoms with Crippen LogP contribution in [0.5, 0.6) is 11.5 Å². The van der Waals surface area contributed by atoms with Crippen LogP contribution in [0.15, 0.2) is 42.7 Å². The predicted molar refractivity (Wildman–Crippen MR) is 148 cm³/mol. The zero-order valence-corrected chi connectivity index (χ0v) is 22.5. The lowest BCUT2D eigenvalue weighted by molar-refractivity contribution is 0.251. The van der Waals surface area contributed by atoms with Crippen LogP contribution in [-0.2, 0) is 13.1 Å². The molecule has 0 radical (unpaired) electrons. The van der Waals surface area contributed by atoms with Crippen molar-refractivity contribution in [2.45, 2.75) is 59.0 Å². The van der Waals surface area contributed by atoms with Crippen molar-refractivity contribution in [3.05, 3.63) is 48.3 Å². The molecule has 200 valence electrons. The van der Waals surface area contributed by atoms with Crippen LogP contribution in [-0.4, -0.2) is 53.8 Å². The lowest BCUT2D eigenvalue weighted by Gasteiger charge is -2.14. The first-order chi connectivity index (χ1) is 18.0. The topological polar surface area (TPSA) is 80.7 Å². The molecule has 1 aliphatic heterocycles. The number of hydrogen-bond donors (Lipinski definition) is 2. The largest absolute Gasteiger partial charge is 0.493 e. The summed E-state index contributed by atoms with van der Waals surface area (Å²) in [7, 11) is 1.62. The van der Waals surface area contributed by atoms with Crippen LogP contribution in [0.4, 0.5) is 10.5 Å². The maximum absolute atomic E-state index is 12.7. The molecular formula is C29H41N5O3. The fourth-order valence-corrected chi connectivity index (χ4v) is 4.84. The van der Waals surface area contributed by atoms with Crippen molar-refractivity contribution in [3.63, 3.8) is 0 Å². The predicted octanol–water partition coefficient (Wildman–Crippen LogP) is 5.67. The summed E-state index contributed by atoms with van der Waals surface area (Å²) < 4.78 is 13.6. The van der Waals surface area contributed by atoms with Crippen LogP contribution in [0.3, 0.4) is 0 Å². The Bertz CT molecular complexity index is 1150. The Balaban J connectivity index is 1.31. The number of anilines is 1. The standard InChI is InChI=1S/C29H41N5O3/c1-22(2)8-6-19-37-27-20-24(9-10-26(27)36-3)32-29(35)31-21-23-11-13-30-28-25(23)12-18-34(28)17-7-16-33-14-4-5-15-33/h9-13,18,20,22H,4-8,14-17,19,21H2,1-3H3,(H2,31,32,35). The van der Waals surface area contributed by atoms with Crippen molar-refractivity contribution >= 4 is 22.8 Å². The molecule has 37 heavy (non-hydrogen) atoms. The van der Waals surface area contributed by atoms with Gasteiger partial charge in [-0.25, -0.2) is 9.78 Å². The SMILES string of the molecule is COc1ccc(NC(=O)NCc2ccnc3c2ccn3CCCN2CCCC2)cc1OCCCC(C)C. The summed E-state index contributed by atoms with van der Waals surface area (Å²) in [5.74, 6) is 1.92. The first kappa shape index (κ1) is 26.8. The monoisotopic (exact) mass is 507 g/mol. The average molecular weight is 508 g/mol. The van der Waals surface area contributed by atoms with Crippen LogP contribution in [0.1, 0.15) is 51.5 Å². The minimum absolute atomic E-state index is 0.272. The fraction of sp³-hybridized carbons (Fsp3) is 0.517. The summed E-state index contributed by atoms with van der Waals surface area (Å²) in [6.45, 7) is 9.97. The molecule has 0 saturated carbocycles. The third-order valence-electron chi connectivity index (χ3n) is 6.87. The summed E-state index contributed by atoms with van der Waals surface area (Å²) >= 11 is 0. The number of methoxy groups -OCH3 is 1. The number of aryl methyl sites for hydroxylation is 1. The van der Waals surface area contributed by atoms with Crippen molar-refractivity contribution in [3.8, 4) is 11.5 Å². The number of nitrogens with zero attached hydrogens (tertiary/aromatic N) is 3. The molecule has 0 atom stereocenters. The number of rotatable bonds is 13. The third kappa shape index (κ3) is 7.61. The molecule has 8 nitrogen and oxygen atoms in total. The smallest absolute Gasteiger partial charge is 0.319 e. The number of carbonyl (C=O) groups is 1. The minimum Gasteiger partial charge on any atom is -0.493 e. The van der Waals surface area contributed by atoms with Gasteiger partial charge in [0.15, 0.2) is 11.5 Å². The van der Waals surface area contributed by atoms with Gasteiger partial charge in [-0.05, 0) is 87.5 Å². The van der Waals surface area contributed by atoms with Gasteiger partial charge in [-0.15, -0.1) is 0 Å². The molecular weight excluding hydrogens is 466 g/mol. The average Bonchev–Trinajstić information content (AvgIpc) is 3.56. The van der Waals surface area contributed by atoms with E-state index in [0.29, 0.717) is 36.3 Å². The number of ether oxygens (including phenoxy) is 2. The van der Waals surface area contributed by atoms with E-state index in [0.717, 1.165) is 48.9 Å². The van der Waals surface area contributed by atoms with E-state index in [4.69, 9.17) is 9.47 Å². The Morgan fingerprint density at radius 1 is 1.08 bits per heavy atom. The Hall–Kier alpha value is -3.26. The lowest BCUT2D eigenvalue weighted by Crippen LogP contribution is -2.28. The summed E-state index contributed by atoms with van der Waals surface area (Å²) in [6.07, 6.45) is 9.76. The third-order valence-corrected chi connectivity index (χ3v) is 6.87. The molecule has 8 heteroatoms. The molecule has 1 aromatic carbocycles. The van der Waals surface area contributed by atoms with E-state index in [1.807, 2.05) is 24.4 Å². The molecule has 2 N–H and O–H groups in total. The first-order valence-electron chi connectivity index (χ1n) is 13.5. The van der Waals surface area contributed by atoms with Crippen molar-refractivity contribution in [2.75, 3.05) is 38.7 Å². The van der Waals surface area contributed by atoms with Gasteiger partial charge in [0.2, 0.25) is 0 Å². The van der Waals surface area contributed by atoms with Crippen LogP contribution in [0.25, 0.3) is 11.0 Å². The highest BCUT2D eigenvalue weighted by Gasteiger charge is 2.13. The lowest BCUT2D eigenvalue weighted by atomic mass is 10.1. The number of benzene rings is 1. The normalized spacial score (nSPS) is 13.8. The van der Waals surface area contributed by atoms with E-state index in [2.05, 4.69) is 51.2 Å². The van der Waals surface area contributed by atoms with Gasteiger partial charge in [-0.3, -0.25) is 0 Å². The van der Waals surface area contributed by atoms with Crippen LogP contribution >= 0.6 is 0 Å². The van der Waals surface area contributed by atoms with Gasteiger partial charge in [-0.1, -0.05) is 13.8 Å². The Morgan fingerprint density at radius 3 is 2.70 bits per heavy atom. The van der Waals surface area contributed by atoms with E-state index in [9.17, 15) is 4.79 Å². The molecule has 2 aromatic heterocycles. The van der Waals surface area contributed by atoms with Gasteiger partial charge >= 0.3 is 6.03 Å². The maximum Gasteiger partial charge on any atom is 0.319 e. The van der Waals surface area contributed by atoms with Gasteiger partial charge < -0.3 is 29.6 Å². The molecule has 0 aliphatic carbocycles. The molecule has 3 heterocycles. The molecule has 0 unspecified atom stereocenters. The van der Waals surface area contributed by atoms with Crippen molar-refractivity contribution in [1.82, 2.24) is 19.8 Å². The zero-order valence-electron chi connectivity index (χ0n) is 22.5. The quantitative estimate of drug-likeness (QED) is 0.292. The number of nitrogens with one attached hydrogen (secondary N) is 2. The molecule has 1 fully saturated rings. The number of fused-ring (bicyclic) bond motifs is 1. The van der Waals surface area contributed by atoms with E-state index in [1.54, 1.807) is 13.2 Å². The molecule has 0 spiro atoms. The van der Waals surface area contributed by atoms with Gasteiger partial charge in [-0.2, -0.15) is 0 Å². The van der Waals surface area contributed by atoms with E-state index >= 15 is 0 Å². The van der Waals surface area contributed by atoms with Crippen LogP contribution < -0.4 is 20.1 Å². The summed E-state index contributed by atoms with van der Waals surface area (Å²) in [6, 6.07) is 9.22. The Kier molecular flexibility index (Phi) is 9.65. The Labute approximate surface area is 220 Å². The number of aromatic nitrogens is 2. The molecule has 1 saturated heterocycles. The van der Waals surface area contributed by atoms with E-state index < -0.39 is 0 Å². The second-order valence-electron chi connectivity index (χ2n) is 10.2. The Morgan fingerprint density at radius 2 is 1.92 bits per heavy atom. The minimum atomic E-state index is -0.272. The number of likely N-dealkylation sites (tertiary alicyclic amines) is 1. The molecule has 3 aromatic rings. The highest BCUT2D eigenvalue weighted by atomic mass is 16.5. The highest BCUT2D eigenvalue weighted by molar-refractivity contribution is 5.90. The van der Waals surface area contributed by atoms with Crippen molar-refractivity contribution in [2.24, 2.45) is 5.92 Å². The van der Waals surface area contributed by atoms with Crippen molar-refractivity contribution < 1.29 is 14.3 Å². The molecule has 0 bridgehead atoms. The maximum atomic E-state index is 12.7. The van der Waals surface area contributed by atoms with Crippen molar-refractivity contribution in [1.29, 1.82) is 0 Å². The molecule has 1 aliphatic rings. The summed E-state index contributed by atoms with van der Waals surface area (Å²) in [5, 5.41) is 6.96. The number of carbonyl (C=O) groups excluding carboxylic acids is 1. The first-order valence-corrected chi connectivity index (χ1v) is 13.5. The highest BCUT2D eigenvalue weighted by Crippen LogP contribution is 2.30. The summed E-state index contributed by atoms with van der Waals surface area (Å²) in [4.78, 5) is 19.8. The van der Waals surface area contributed by atoms with E-state index in [-0.39, 0.29) is 6.03 Å². The molecule has 4 rings (SSSR count).